The zero-order valence-electron chi connectivity index (χ0n) is 40.0. The van der Waals surface area contributed by atoms with Crippen molar-refractivity contribution in [2.75, 3.05) is 6.61 Å². The first-order chi connectivity index (χ1) is 32.9. The van der Waals surface area contributed by atoms with Crippen LogP contribution in [-0.4, -0.2) is 24.6 Å². The van der Waals surface area contributed by atoms with Gasteiger partial charge in [-0.3, -0.25) is 0 Å². The predicted molar refractivity (Wildman–Crippen MR) is 274 cm³/mol. The summed E-state index contributed by atoms with van der Waals surface area (Å²) in [6.07, 6.45) is -4.16. The molecule has 69 heavy (non-hydrogen) atoms. The minimum atomic E-state index is -4.84. The molecule has 10 heteroatoms. The second kappa shape index (κ2) is 21.5. The SMILES string of the molecule is CCCCOC(=O)C(C)Oc1ccc(OC(=O)c2c(-c3c(Cl)cccc3Cl)c(-c3ccccc3C(F)(F)F)c(-c3ccccc3)c(-c3c(C(C)C)cccc3C(C)C)c2-c2c(C)cccc2C)cc1. The van der Waals surface area contributed by atoms with Gasteiger partial charge in [-0.2, -0.15) is 13.2 Å². The first-order valence-electron chi connectivity index (χ1n) is 23.2. The molecule has 0 aromatic heterocycles. The summed E-state index contributed by atoms with van der Waals surface area (Å²) in [5.41, 5.74) is 6.18. The minimum Gasteiger partial charge on any atom is -0.479 e. The average molecular weight is 972 g/mol. The maximum Gasteiger partial charge on any atom is 0.417 e. The molecule has 5 nitrogen and oxygen atoms in total. The summed E-state index contributed by atoms with van der Waals surface area (Å²) in [5, 5.41) is 0.214. The standard InChI is InChI=1S/C59H55Cl2F3O5/c1-9-10-33-67-57(65)38(8)68-40-29-31-41(32-30-40)69-58(66)56-53(48-36(6)19-16-20-37(48)7)54(50-42(34(2)3)24-17-25-43(50)35(4)5)49(39-21-12-11-13-22-39)51(44-23-14-15-26-45(44)59(62,63)64)55(56)52-46(60)27-18-28-47(52)61/h11-32,34-35,38H,9-10,33H2,1-8H3. The largest absolute Gasteiger partial charge is 0.479 e. The Labute approximate surface area is 413 Å². The Balaban J connectivity index is 1.71. The van der Waals surface area contributed by atoms with Crippen molar-refractivity contribution in [1.82, 2.24) is 0 Å². The van der Waals surface area contributed by atoms with Crippen LogP contribution >= 0.6 is 23.2 Å². The lowest BCUT2D eigenvalue weighted by Gasteiger charge is -2.32. The van der Waals surface area contributed by atoms with Crippen LogP contribution in [0.2, 0.25) is 10.0 Å². The number of carbonyl (C=O) groups excluding carboxylic acids is 2. The summed E-state index contributed by atoms with van der Waals surface area (Å²) in [4.78, 5) is 28.7. The van der Waals surface area contributed by atoms with Gasteiger partial charge in [0, 0.05) is 26.7 Å². The van der Waals surface area contributed by atoms with Crippen LogP contribution in [0.1, 0.15) is 104 Å². The number of rotatable bonds is 15. The third kappa shape index (κ3) is 10.6. The fourth-order valence-corrected chi connectivity index (χ4v) is 9.62. The van der Waals surface area contributed by atoms with Crippen LogP contribution in [0.4, 0.5) is 13.2 Å². The molecule has 7 aromatic carbocycles. The van der Waals surface area contributed by atoms with Gasteiger partial charge in [0.05, 0.1) is 17.7 Å². The lowest BCUT2D eigenvalue weighted by Crippen LogP contribution is -2.26. The van der Waals surface area contributed by atoms with Crippen LogP contribution in [0.15, 0.2) is 133 Å². The molecule has 1 atom stereocenters. The van der Waals surface area contributed by atoms with Crippen LogP contribution in [0.3, 0.4) is 0 Å². The van der Waals surface area contributed by atoms with Gasteiger partial charge in [0.1, 0.15) is 11.5 Å². The molecule has 0 bridgehead atoms. The Morgan fingerprint density at radius 3 is 1.68 bits per heavy atom. The summed E-state index contributed by atoms with van der Waals surface area (Å²) in [7, 11) is 0. The van der Waals surface area contributed by atoms with Gasteiger partial charge < -0.3 is 14.2 Å². The molecule has 0 aliphatic carbocycles. The van der Waals surface area contributed by atoms with Gasteiger partial charge in [0.15, 0.2) is 6.10 Å². The van der Waals surface area contributed by atoms with Crippen LogP contribution in [0.5, 0.6) is 11.5 Å². The van der Waals surface area contributed by atoms with E-state index in [1.165, 1.54) is 24.3 Å². The lowest BCUT2D eigenvalue weighted by atomic mass is 9.71. The minimum absolute atomic E-state index is 0.0407. The van der Waals surface area contributed by atoms with E-state index in [0.717, 1.165) is 46.7 Å². The second-order valence-corrected chi connectivity index (χ2v) is 18.6. The van der Waals surface area contributed by atoms with E-state index in [2.05, 4.69) is 27.7 Å². The summed E-state index contributed by atoms with van der Waals surface area (Å²) < 4.78 is 65.0. The molecule has 0 heterocycles. The molecule has 0 radical (unpaired) electrons. The molecule has 0 aliphatic rings. The second-order valence-electron chi connectivity index (χ2n) is 17.8. The predicted octanol–water partition coefficient (Wildman–Crippen LogP) is 17.5. The topological polar surface area (TPSA) is 61.8 Å². The van der Waals surface area contributed by atoms with Gasteiger partial charge in [0.2, 0.25) is 0 Å². The number of hydrogen-bond donors (Lipinski definition) is 0. The molecule has 0 amide bonds. The Bertz CT molecular complexity index is 2930. The Morgan fingerprint density at radius 2 is 1.10 bits per heavy atom. The third-order valence-electron chi connectivity index (χ3n) is 12.3. The normalized spacial score (nSPS) is 12.0. The quantitative estimate of drug-likeness (QED) is 0.0582. The maximum atomic E-state index is 16.0. The Hall–Kier alpha value is -6.35. The van der Waals surface area contributed by atoms with Crippen molar-refractivity contribution in [2.45, 2.75) is 92.3 Å². The van der Waals surface area contributed by atoms with Crippen molar-refractivity contribution in [3.63, 3.8) is 0 Å². The zero-order chi connectivity index (χ0) is 49.7. The van der Waals surface area contributed by atoms with Crippen molar-refractivity contribution in [3.05, 3.63) is 177 Å². The number of benzene rings is 7. The number of unbranched alkanes of at least 4 members (excludes halogenated alkanes) is 1. The molecular weight excluding hydrogens is 917 g/mol. The number of aryl methyl sites for hydroxylation is 2. The van der Waals surface area contributed by atoms with Crippen molar-refractivity contribution in [2.24, 2.45) is 0 Å². The number of carbonyl (C=O) groups is 2. The van der Waals surface area contributed by atoms with Crippen LogP contribution in [-0.2, 0) is 15.7 Å². The van der Waals surface area contributed by atoms with Crippen molar-refractivity contribution >= 4 is 35.1 Å². The molecule has 0 saturated carbocycles. The Kier molecular flexibility index (Phi) is 15.8. The van der Waals surface area contributed by atoms with Crippen LogP contribution in [0.25, 0.3) is 55.6 Å². The summed E-state index contributed by atoms with van der Waals surface area (Å²) in [5.74, 6) is -1.12. The molecule has 0 aliphatic heterocycles. The number of esters is 2. The first kappa shape index (κ1) is 50.5. The summed E-state index contributed by atoms with van der Waals surface area (Å²) in [6.45, 7) is 16.1. The third-order valence-corrected chi connectivity index (χ3v) is 12.9. The van der Waals surface area contributed by atoms with Gasteiger partial charge in [-0.1, -0.05) is 155 Å². The fraction of sp³-hybridized carbons (Fsp3) is 0.254. The summed E-state index contributed by atoms with van der Waals surface area (Å²) in [6, 6.07) is 37.7. The van der Waals surface area contributed by atoms with E-state index in [9.17, 15) is 4.79 Å². The maximum absolute atomic E-state index is 16.0. The smallest absolute Gasteiger partial charge is 0.417 e. The molecule has 0 spiro atoms. The Morgan fingerprint density at radius 1 is 0.565 bits per heavy atom. The van der Waals surface area contributed by atoms with E-state index in [1.807, 2.05) is 87.5 Å². The number of alkyl halides is 3. The van der Waals surface area contributed by atoms with Crippen LogP contribution < -0.4 is 9.47 Å². The molecular formula is C59H55Cl2F3O5. The highest BCUT2D eigenvalue weighted by Crippen LogP contribution is 2.58. The van der Waals surface area contributed by atoms with E-state index in [0.29, 0.717) is 33.6 Å². The van der Waals surface area contributed by atoms with Crippen LogP contribution in [0, 0.1) is 13.8 Å². The zero-order valence-corrected chi connectivity index (χ0v) is 41.5. The number of ether oxygens (including phenoxy) is 3. The molecule has 0 fully saturated rings. The van der Waals surface area contributed by atoms with E-state index >= 15 is 18.0 Å². The van der Waals surface area contributed by atoms with Gasteiger partial charge in [-0.05, 0) is 143 Å². The first-order valence-corrected chi connectivity index (χ1v) is 24.0. The van der Waals surface area contributed by atoms with Crippen molar-refractivity contribution < 1.29 is 37.0 Å². The van der Waals surface area contributed by atoms with E-state index < -0.39 is 29.8 Å². The highest BCUT2D eigenvalue weighted by atomic mass is 35.5. The van der Waals surface area contributed by atoms with E-state index in [1.54, 1.807) is 43.3 Å². The van der Waals surface area contributed by atoms with E-state index in [-0.39, 0.29) is 62.1 Å². The number of halogens is 5. The molecule has 356 valence electrons. The molecule has 0 N–H and O–H groups in total. The van der Waals surface area contributed by atoms with Crippen molar-refractivity contribution in [3.8, 4) is 67.1 Å². The van der Waals surface area contributed by atoms with Crippen molar-refractivity contribution in [1.29, 1.82) is 0 Å². The highest BCUT2D eigenvalue weighted by Gasteiger charge is 2.40. The monoisotopic (exact) mass is 970 g/mol. The van der Waals surface area contributed by atoms with E-state index in [4.69, 9.17) is 37.4 Å². The highest BCUT2D eigenvalue weighted by molar-refractivity contribution is 6.40. The molecule has 1 unspecified atom stereocenters. The van der Waals surface area contributed by atoms with Gasteiger partial charge in [-0.25, -0.2) is 9.59 Å². The molecule has 7 rings (SSSR count). The molecule has 0 saturated heterocycles. The lowest BCUT2D eigenvalue weighted by molar-refractivity contribution is -0.151. The van der Waals surface area contributed by atoms with Gasteiger partial charge >= 0.3 is 18.1 Å². The fourth-order valence-electron chi connectivity index (χ4n) is 9.03. The van der Waals surface area contributed by atoms with Gasteiger partial charge in [-0.15, -0.1) is 0 Å². The number of hydrogen-bond acceptors (Lipinski definition) is 5. The summed E-state index contributed by atoms with van der Waals surface area (Å²) >= 11 is 14.5. The average Bonchev–Trinajstić information content (AvgIpc) is 3.31. The molecule has 7 aromatic rings. The van der Waals surface area contributed by atoms with Gasteiger partial charge in [0.25, 0.3) is 0 Å².